The quantitative estimate of drug-likeness (QED) is 0.759. The van der Waals surface area contributed by atoms with Gasteiger partial charge in [-0.3, -0.25) is 4.79 Å². The predicted octanol–water partition coefficient (Wildman–Crippen LogP) is 1.10. The predicted molar refractivity (Wildman–Crippen MR) is 70.8 cm³/mol. The summed E-state index contributed by atoms with van der Waals surface area (Å²) in [6.45, 7) is 0.162. The molecular weight excluding hydrogens is 286 g/mol. The number of amides is 1. The molecule has 1 aliphatic rings. The fraction of sp³-hybridized carbons (Fsp3) is 0.385. The highest BCUT2D eigenvalue weighted by Crippen LogP contribution is 2.26. The normalized spacial score (nSPS) is 22.6. The van der Waals surface area contributed by atoms with Crippen molar-refractivity contribution in [2.75, 3.05) is 6.54 Å². The number of hydrogen-bond donors (Lipinski definition) is 3. The number of aromatic hydroxyl groups is 1. The number of halogens is 1. The summed E-state index contributed by atoms with van der Waals surface area (Å²) in [6, 6.07) is 2.90. The van der Waals surface area contributed by atoms with Gasteiger partial charge >= 0.3 is 5.97 Å². The summed E-state index contributed by atoms with van der Waals surface area (Å²) in [5.41, 5.74) is 0.204. The maximum atomic E-state index is 12.3. The summed E-state index contributed by atoms with van der Waals surface area (Å²) in [7, 11) is 0. The maximum Gasteiger partial charge on any atom is 0.326 e. The number of likely N-dealkylation sites (tertiary alicyclic amines) is 1. The Hall–Kier alpha value is -1.79. The summed E-state index contributed by atoms with van der Waals surface area (Å²) in [6.07, 6.45) is -0.377. The van der Waals surface area contributed by atoms with Crippen molar-refractivity contribution in [3.8, 4) is 5.75 Å². The number of aliphatic carboxylic acids is 1. The van der Waals surface area contributed by atoms with Gasteiger partial charge in [0.05, 0.1) is 11.1 Å². The van der Waals surface area contributed by atoms with E-state index in [0.29, 0.717) is 6.42 Å². The zero-order valence-electron chi connectivity index (χ0n) is 10.5. The van der Waals surface area contributed by atoms with E-state index >= 15 is 0 Å². The van der Waals surface area contributed by atoms with Gasteiger partial charge in [0.25, 0.3) is 5.91 Å². The third kappa shape index (κ3) is 2.86. The molecular formula is C13H14ClNO5. The van der Waals surface area contributed by atoms with Crippen molar-refractivity contribution in [1.29, 1.82) is 0 Å². The van der Waals surface area contributed by atoms with Gasteiger partial charge in [0.1, 0.15) is 11.8 Å². The standard InChI is InChI=1S/C13H14ClNO5/c14-9-5-7(1-2-11(9)17)12(18)15-4-3-8(16)6-10(15)13(19)20/h1-2,5,8,10,16-17H,3-4,6H2,(H,19,20)/t8-,10+/m1/s1. The van der Waals surface area contributed by atoms with E-state index < -0.39 is 24.0 Å². The van der Waals surface area contributed by atoms with E-state index in [9.17, 15) is 19.8 Å². The molecule has 1 aromatic carbocycles. The second kappa shape index (κ2) is 5.68. The first kappa shape index (κ1) is 14.6. The van der Waals surface area contributed by atoms with Crippen LogP contribution in [0, 0.1) is 0 Å². The molecule has 0 aromatic heterocycles. The van der Waals surface area contributed by atoms with Crippen molar-refractivity contribution >= 4 is 23.5 Å². The molecule has 1 amide bonds. The van der Waals surface area contributed by atoms with E-state index in [1.807, 2.05) is 0 Å². The Morgan fingerprint density at radius 1 is 1.35 bits per heavy atom. The summed E-state index contributed by atoms with van der Waals surface area (Å²) in [5.74, 6) is -1.78. The Balaban J connectivity index is 2.26. The minimum Gasteiger partial charge on any atom is -0.506 e. The minimum absolute atomic E-state index is 0.00683. The molecule has 1 fully saturated rings. The number of benzene rings is 1. The van der Waals surface area contributed by atoms with Gasteiger partial charge in [-0.05, 0) is 24.6 Å². The largest absolute Gasteiger partial charge is 0.506 e. The number of hydrogen-bond acceptors (Lipinski definition) is 4. The molecule has 108 valence electrons. The Morgan fingerprint density at radius 2 is 2.05 bits per heavy atom. The van der Waals surface area contributed by atoms with Gasteiger partial charge in [-0.1, -0.05) is 11.6 Å². The molecule has 1 saturated heterocycles. The molecule has 7 heteroatoms. The molecule has 6 nitrogen and oxygen atoms in total. The molecule has 0 aliphatic carbocycles. The van der Waals surface area contributed by atoms with Crippen molar-refractivity contribution in [3.63, 3.8) is 0 Å². The summed E-state index contributed by atoms with van der Waals surface area (Å²) >= 11 is 5.74. The summed E-state index contributed by atoms with van der Waals surface area (Å²) in [4.78, 5) is 24.7. The number of phenols is 1. The summed E-state index contributed by atoms with van der Waals surface area (Å²) in [5, 5.41) is 28.0. The van der Waals surface area contributed by atoms with Crippen molar-refractivity contribution in [2.24, 2.45) is 0 Å². The van der Waals surface area contributed by atoms with Crippen molar-refractivity contribution in [2.45, 2.75) is 25.0 Å². The van der Waals surface area contributed by atoms with Crippen LogP contribution in [0.5, 0.6) is 5.75 Å². The number of aliphatic hydroxyl groups excluding tert-OH is 1. The van der Waals surface area contributed by atoms with Crippen LogP contribution in [0.25, 0.3) is 0 Å². The van der Waals surface area contributed by atoms with Gasteiger partial charge in [-0.15, -0.1) is 0 Å². The Bertz CT molecular complexity index is 548. The van der Waals surface area contributed by atoms with E-state index in [1.165, 1.54) is 23.1 Å². The Morgan fingerprint density at radius 3 is 2.65 bits per heavy atom. The minimum atomic E-state index is -1.15. The lowest BCUT2D eigenvalue weighted by molar-refractivity contribution is -0.145. The number of carbonyl (C=O) groups is 2. The molecule has 0 unspecified atom stereocenters. The number of aliphatic hydroxyl groups is 1. The molecule has 1 aliphatic heterocycles. The number of rotatable bonds is 2. The van der Waals surface area contributed by atoms with Crippen LogP contribution in [0.4, 0.5) is 0 Å². The molecule has 2 rings (SSSR count). The average molecular weight is 300 g/mol. The van der Waals surface area contributed by atoms with E-state index in [2.05, 4.69) is 0 Å². The molecule has 1 aromatic rings. The number of carboxylic acids is 1. The van der Waals surface area contributed by atoms with Crippen LogP contribution in [0.3, 0.4) is 0 Å². The zero-order chi connectivity index (χ0) is 14.9. The number of nitrogens with zero attached hydrogens (tertiary/aromatic N) is 1. The molecule has 0 saturated carbocycles. The third-order valence-electron chi connectivity index (χ3n) is 3.32. The molecule has 0 radical (unpaired) electrons. The molecule has 0 bridgehead atoms. The first-order valence-corrected chi connectivity index (χ1v) is 6.48. The number of phenolic OH excluding ortho intramolecular Hbond substituents is 1. The SMILES string of the molecule is O=C(O)[C@@H]1C[C@H](O)CCN1C(=O)c1ccc(O)c(Cl)c1. The Labute approximate surface area is 120 Å². The maximum absolute atomic E-state index is 12.3. The Kier molecular flexibility index (Phi) is 4.15. The summed E-state index contributed by atoms with van der Waals surface area (Å²) < 4.78 is 0. The van der Waals surface area contributed by atoms with E-state index in [0.717, 1.165) is 0 Å². The van der Waals surface area contributed by atoms with Crippen LogP contribution in [-0.4, -0.2) is 50.8 Å². The molecule has 3 N–H and O–H groups in total. The van der Waals surface area contributed by atoms with Gasteiger partial charge in [-0.2, -0.15) is 0 Å². The van der Waals surface area contributed by atoms with Gasteiger partial charge in [0.2, 0.25) is 0 Å². The van der Waals surface area contributed by atoms with Gasteiger partial charge in [-0.25, -0.2) is 4.79 Å². The van der Waals surface area contributed by atoms with Crippen molar-refractivity contribution in [3.05, 3.63) is 28.8 Å². The topological polar surface area (TPSA) is 98.1 Å². The second-order valence-electron chi connectivity index (χ2n) is 4.70. The van der Waals surface area contributed by atoms with Crippen LogP contribution >= 0.6 is 11.6 Å². The highest BCUT2D eigenvalue weighted by Gasteiger charge is 2.36. The lowest BCUT2D eigenvalue weighted by atomic mass is 9.98. The first-order chi connectivity index (χ1) is 9.40. The highest BCUT2D eigenvalue weighted by molar-refractivity contribution is 6.32. The van der Waals surface area contributed by atoms with Gasteiger partial charge < -0.3 is 20.2 Å². The smallest absolute Gasteiger partial charge is 0.326 e. The van der Waals surface area contributed by atoms with Crippen LogP contribution in [0.15, 0.2) is 18.2 Å². The lowest BCUT2D eigenvalue weighted by Crippen LogP contribution is -2.51. The van der Waals surface area contributed by atoms with Crippen LogP contribution in [0.1, 0.15) is 23.2 Å². The molecule has 0 spiro atoms. The van der Waals surface area contributed by atoms with E-state index in [1.54, 1.807) is 0 Å². The van der Waals surface area contributed by atoms with Crippen molar-refractivity contribution < 1.29 is 24.9 Å². The van der Waals surface area contributed by atoms with Crippen LogP contribution in [0.2, 0.25) is 5.02 Å². The first-order valence-electron chi connectivity index (χ1n) is 6.10. The van der Waals surface area contributed by atoms with E-state index in [-0.39, 0.29) is 29.3 Å². The average Bonchev–Trinajstić information content (AvgIpc) is 2.41. The van der Waals surface area contributed by atoms with Crippen LogP contribution in [-0.2, 0) is 4.79 Å². The zero-order valence-corrected chi connectivity index (χ0v) is 11.2. The van der Waals surface area contributed by atoms with Crippen LogP contribution < -0.4 is 0 Å². The second-order valence-corrected chi connectivity index (χ2v) is 5.10. The highest BCUT2D eigenvalue weighted by atomic mass is 35.5. The fourth-order valence-corrected chi connectivity index (χ4v) is 2.41. The lowest BCUT2D eigenvalue weighted by Gasteiger charge is -2.35. The van der Waals surface area contributed by atoms with E-state index in [4.69, 9.17) is 16.7 Å². The number of carboxylic acid groups (broad SMARTS) is 1. The number of carbonyl (C=O) groups excluding carboxylic acids is 1. The number of piperidine rings is 1. The third-order valence-corrected chi connectivity index (χ3v) is 3.62. The van der Waals surface area contributed by atoms with Gasteiger partial charge in [0.15, 0.2) is 0 Å². The fourth-order valence-electron chi connectivity index (χ4n) is 2.23. The van der Waals surface area contributed by atoms with Gasteiger partial charge in [0, 0.05) is 18.5 Å². The monoisotopic (exact) mass is 299 g/mol. The molecule has 20 heavy (non-hydrogen) atoms. The molecule has 1 heterocycles. The van der Waals surface area contributed by atoms with Crippen molar-refractivity contribution in [1.82, 2.24) is 4.90 Å². The molecule has 2 atom stereocenters.